The van der Waals surface area contributed by atoms with Crippen molar-refractivity contribution in [1.29, 1.82) is 0 Å². The molecule has 0 aromatic rings. The van der Waals surface area contributed by atoms with E-state index in [0.29, 0.717) is 0 Å². The average Bonchev–Trinajstić information content (AvgIpc) is 1.57. The van der Waals surface area contributed by atoms with Crippen LogP contribution in [-0.2, 0) is 4.52 Å². The molecule has 0 amide bonds. The summed E-state index contributed by atoms with van der Waals surface area (Å²) in [5.41, 5.74) is 0. The van der Waals surface area contributed by atoms with Crippen LogP contribution in [0.3, 0.4) is 0 Å². The van der Waals surface area contributed by atoms with Gasteiger partial charge in [-0.3, -0.25) is 0 Å². The van der Waals surface area contributed by atoms with Gasteiger partial charge in [0.25, 0.3) is 0 Å². The molecule has 0 heterocycles. The van der Waals surface area contributed by atoms with Crippen LogP contribution in [-0.4, -0.2) is 16.4 Å². The van der Waals surface area contributed by atoms with Crippen LogP contribution in [0.25, 0.3) is 0 Å². The first-order valence-electron chi connectivity index (χ1n) is 2.03. The molecule has 0 atom stereocenters. The molecule has 0 fully saturated rings. The zero-order valence-corrected chi connectivity index (χ0v) is 5.39. The first kappa shape index (κ1) is 8.91. The van der Waals surface area contributed by atoms with E-state index in [2.05, 4.69) is 11.1 Å². The number of hydrogen-bond donors (Lipinski definition) is 2. The summed E-state index contributed by atoms with van der Waals surface area (Å²) in [7, 11) is -6.70. The van der Waals surface area contributed by atoms with E-state index < -0.39 is 14.5 Å². The van der Waals surface area contributed by atoms with Gasteiger partial charge in [0.1, 0.15) is 0 Å². The molecule has 0 saturated heterocycles. The topological polar surface area (TPSA) is 49.7 Å². The molecule has 0 spiro atoms. The molecular weight excluding hydrogens is 153 g/mol. The van der Waals surface area contributed by atoms with Crippen LogP contribution in [0, 0.1) is 0 Å². The predicted molar refractivity (Wildman–Crippen MR) is 29.7 cm³/mol. The Morgan fingerprint density at radius 2 is 2.00 bits per heavy atom. The van der Waals surface area contributed by atoms with Crippen molar-refractivity contribution in [2.24, 2.45) is 0 Å². The minimum atomic E-state index is -6.70. The molecule has 0 saturated carbocycles. The van der Waals surface area contributed by atoms with E-state index >= 15 is 0 Å². The first-order valence-corrected chi connectivity index (χ1v) is 3.87. The number of hydrogen-bond acceptors (Lipinski definition) is 3. The summed E-state index contributed by atoms with van der Waals surface area (Å²) in [6.45, 7) is 2.46. The summed E-state index contributed by atoms with van der Waals surface area (Å²) in [5, 5.41) is 0. The third-order valence-electron chi connectivity index (χ3n) is 0.405. The summed E-state index contributed by atoms with van der Waals surface area (Å²) >= 11 is 0. The Bertz CT molecular complexity index is 109. The predicted octanol–water partition coefficient (Wildman–Crippen LogP) is 1.24. The molecule has 0 radical (unpaired) electrons. The van der Waals surface area contributed by atoms with E-state index in [4.69, 9.17) is 9.79 Å². The van der Waals surface area contributed by atoms with E-state index in [1.807, 2.05) is 0 Å². The minimum absolute atomic E-state index is 0.572. The summed E-state index contributed by atoms with van der Waals surface area (Å²) in [5.74, 6) is 0. The molecule has 0 aliphatic carbocycles. The van der Waals surface area contributed by atoms with Gasteiger partial charge in [0, 0.05) is 0 Å². The number of rotatable bonds is 3. The second-order valence-electron chi connectivity index (χ2n) is 1.34. The second-order valence-corrected chi connectivity index (χ2v) is 3.11. The molecule has 0 bridgehead atoms. The third kappa shape index (κ3) is 7.91. The van der Waals surface area contributed by atoms with Gasteiger partial charge in [-0.1, -0.05) is 0 Å². The summed E-state index contributed by atoms with van der Waals surface area (Å²) in [6, 6.07) is 0. The van der Waals surface area contributed by atoms with Crippen molar-refractivity contribution < 1.29 is 22.7 Å². The SMILES string of the molecule is C=CCOP(O)(O)(F)F. The average molecular weight is 160 g/mol. The first-order chi connectivity index (χ1) is 3.81. The molecule has 0 rings (SSSR count). The van der Waals surface area contributed by atoms with Crippen molar-refractivity contribution in [3.63, 3.8) is 0 Å². The van der Waals surface area contributed by atoms with Gasteiger partial charge in [0.15, 0.2) is 0 Å². The van der Waals surface area contributed by atoms with Crippen LogP contribution in [0.4, 0.5) is 8.39 Å². The Hall–Kier alpha value is -0.0900. The van der Waals surface area contributed by atoms with Gasteiger partial charge in [-0.25, -0.2) is 0 Å². The summed E-state index contributed by atoms with van der Waals surface area (Å²) in [6.07, 6.45) is 0.993. The molecular formula is C3H7F2O3P. The van der Waals surface area contributed by atoms with Gasteiger partial charge in [0.2, 0.25) is 0 Å². The molecule has 56 valence electrons. The molecule has 0 aliphatic rings. The molecule has 3 nitrogen and oxygen atoms in total. The quantitative estimate of drug-likeness (QED) is 0.482. The van der Waals surface area contributed by atoms with Crippen molar-refractivity contribution >= 4 is 7.91 Å². The van der Waals surface area contributed by atoms with Crippen LogP contribution in [0.2, 0.25) is 0 Å². The van der Waals surface area contributed by atoms with Crippen molar-refractivity contribution in [2.45, 2.75) is 0 Å². The van der Waals surface area contributed by atoms with Crippen LogP contribution < -0.4 is 0 Å². The monoisotopic (exact) mass is 160 g/mol. The van der Waals surface area contributed by atoms with Crippen LogP contribution in [0.15, 0.2) is 12.7 Å². The molecule has 0 aromatic carbocycles. The van der Waals surface area contributed by atoms with Crippen LogP contribution in [0.5, 0.6) is 0 Å². The summed E-state index contributed by atoms with van der Waals surface area (Å²) in [4.78, 5) is 15.4. The standard InChI is InChI=1S/C3H7F2O3P/c1-2-3-8-9(4,5,6)7/h2,6-7H,1,3H2. The van der Waals surface area contributed by atoms with E-state index in [1.165, 1.54) is 0 Å². The zero-order valence-electron chi connectivity index (χ0n) is 4.50. The van der Waals surface area contributed by atoms with Gasteiger partial charge in [0.05, 0.1) is 0 Å². The molecule has 0 aliphatic heterocycles. The van der Waals surface area contributed by atoms with Crippen molar-refractivity contribution in [3.05, 3.63) is 12.7 Å². The molecule has 2 N–H and O–H groups in total. The van der Waals surface area contributed by atoms with Crippen LogP contribution in [0.1, 0.15) is 0 Å². The van der Waals surface area contributed by atoms with E-state index in [1.54, 1.807) is 0 Å². The summed E-state index contributed by atoms with van der Waals surface area (Å²) < 4.78 is 26.5. The second kappa shape index (κ2) is 2.27. The maximum atomic E-state index is 11.6. The Morgan fingerprint density at radius 1 is 1.56 bits per heavy atom. The molecule has 6 heteroatoms. The van der Waals surface area contributed by atoms with Gasteiger partial charge in [-0.05, 0) is 0 Å². The van der Waals surface area contributed by atoms with Gasteiger partial charge in [-0.2, -0.15) is 0 Å². The Labute approximate surface area is 51.0 Å². The van der Waals surface area contributed by atoms with E-state index in [0.717, 1.165) is 6.08 Å². The Balaban J connectivity index is 3.73. The van der Waals surface area contributed by atoms with Crippen molar-refractivity contribution in [3.8, 4) is 0 Å². The van der Waals surface area contributed by atoms with E-state index in [9.17, 15) is 8.39 Å². The van der Waals surface area contributed by atoms with Crippen molar-refractivity contribution in [1.82, 2.24) is 0 Å². The normalized spacial score (nSPS) is 16.2. The number of halogens is 2. The molecule has 0 unspecified atom stereocenters. The fourth-order valence-electron chi connectivity index (χ4n) is 0.176. The van der Waals surface area contributed by atoms with E-state index in [-0.39, 0.29) is 0 Å². The molecule has 9 heavy (non-hydrogen) atoms. The zero-order chi connectivity index (χ0) is 7.57. The van der Waals surface area contributed by atoms with Gasteiger partial charge < -0.3 is 0 Å². The fraction of sp³-hybridized carbons (Fsp3) is 0.333. The van der Waals surface area contributed by atoms with Crippen LogP contribution >= 0.6 is 7.91 Å². The van der Waals surface area contributed by atoms with Gasteiger partial charge >= 0.3 is 49.9 Å². The Morgan fingerprint density at radius 3 is 2.11 bits per heavy atom. The fourth-order valence-corrected chi connectivity index (χ4v) is 0.527. The third-order valence-corrected chi connectivity index (χ3v) is 0.981. The van der Waals surface area contributed by atoms with Crippen molar-refractivity contribution in [2.75, 3.05) is 6.61 Å². The molecule has 0 aromatic heterocycles. The Kier molecular flexibility index (Phi) is 2.24. The maximum absolute atomic E-state index is 11.6. The van der Waals surface area contributed by atoms with Gasteiger partial charge in [-0.15, -0.1) is 0 Å².